The molecule has 0 atom stereocenters. The molecule has 1 aliphatic heterocycles. The molecule has 7 nitrogen and oxygen atoms in total. The maximum Gasteiger partial charge on any atom is 0.239 e. The Morgan fingerprint density at radius 2 is 1.92 bits per heavy atom. The molecule has 1 aliphatic rings. The minimum atomic E-state index is -3.61. The number of fused-ring (bicyclic) bond motifs is 1. The number of rotatable bonds is 6. The van der Waals surface area contributed by atoms with Crippen LogP contribution < -0.4 is 14.8 Å². The van der Waals surface area contributed by atoms with Gasteiger partial charge in [-0.25, -0.2) is 8.42 Å². The van der Waals surface area contributed by atoms with Crippen LogP contribution in [0.3, 0.4) is 0 Å². The van der Waals surface area contributed by atoms with Gasteiger partial charge in [0.25, 0.3) is 0 Å². The van der Waals surface area contributed by atoms with Gasteiger partial charge in [0.05, 0.1) is 12.8 Å². The van der Waals surface area contributed by atoms with E-state index in [1.807, 2.05) is 0 Å². The lowest BCUT2D eigenvalue weighted by molar-refractivity contribution is -0.116. The van der Waals surface area contributed by atoms with E-state index in [1.165, 1.54) is 0 Å². The van der Waals surface area contributed by atoms with E-state index >= 15 is 0 Å². The molecule has 138 valence electrons. The number of anilines is 1. The van der Waals surface area contributed by atoms with Crippen LogP contribution in [-0.4, -0.2) is 38.2 Å². The second-order valence-electron chi connectivity index (χ2n) is 5.74. The fraction of sp³-hybridized carbons (Fsp3) is 0.235. The van der Waals surface area contributed by atoms with Crippen LogP contribution in [0.15, 0.2) is 42.5 Å². The van der Waals surface area contributed by atoms with Crippen LogP contribution in [0.2, 0.25) is 5.02 Å². The summed E-state index contributed by atoms with van der Waals surface area (Å²) in [5.74, 6) is 0.652. The van der Waals surface area contributed by atoms with E-state index < -0.39 is 15.9 Å². The van der Waals surface area contributed by atoms with Crippen molar-refractivity contribution in [3.8, 4) is 11.5 Å². The molecule has 0 spiro atoms. The number of carbonyl (C=O) groups is 1. The molecule has 0 unspecified atom stereocenters. The first-order valence-corrected chi connectivity index (χ1v) is 9.93. The molecule has 1 amide bonds. The van der Waals surface area contributed by atoms with E-state index in [9.17, 15) is 13.2 Å². The molecule has 0 aromatic heterocycles. The molecule has 1 heterocycles. The SMILES string of the molecule is CS(=O)(=O)N(CC(=O)Nc1ccc2c(c1)OCO2)Cc1ccccc1Cl. The lowest BCUT2D eigenvalue weighted by atomic mass is 10.2. The van der Waals surface area contributed by atoms with Gasteiger partial charge in [0.2, 0.25) is 22.7 Å². The molecule has 0 saturated heterocycles. The van der Waals surface area contributed by atoms with Gasteiger partial charge >= 0.3 is 0 Å². The van der Waals surface area contributed by atoms with Crippen molar-refractivity contribution in [2.75, 3.05) is 24.9 Å². The minimum Gasteiger partial charge on any atom is -0.454 e. The first kappa shape index (κ1) is 18.5. The van der Waals surface area contributed by atoms with Crippen molar-refractivity contribution in [2.45, 2.75) is 6.54 Å². The van der Waals surface area contributed by atoms with Crippen molar-refractivity contribution in [1.82, 2.24) is 4.31 Å². The quantitative estimate of drug-likeness (QED) is 0.810. The number of halogens is 1. The lowest BCUT2D eigenvalue weighted by Gasteiger charge is -2.20. The number of hydrogen-bond acceptors (Lipinski definition) is 5. The predicted octanol–water partition coefficient (Wildman–Crippen LogP) is 2.47. The van der Waals surface area contributed by atoms with E-state index in [4.69, 9.17) is 21.1 Å². The van der Waals surface area contributed by atoms with Crippen LogP contribution >= 0.6 is 11.6 Å². The number of ether oxygens (including phenoxy) is 2. The summed E-state index contributed by atoms with van der Waals surface area (Å²) in [5.41, 5.74) is 1.11. The van der Waals surface area contributed by atoms with Gasteiger partial charge in [0.1, 0.15) is 0 Å². The second kappa shape index (κ2) is 7.53. The number of amides is 1. The van der Waals surface area contributed by atoms with Crippen molar-refractivity contribution in [3.63, 3.8) is 0 Å². The first-order chi connectivity index (χ1) is 12.3. The largest absolute Gasteiger partial charge is 0.454 e. The fourth-order valence-electron chi connectivity index (χ4n) is 2.44. The first-order valence-electron chi connectivity index (χ1n) is 7.71. The van der Waals surface area contributed by atoms with E-state index in [1.54, 1.807) is 42.5 Å². The summed E-state index contributed by atoms with van der Waals surface area (Å²) < 4.78 is 35.6. The zero-order chi connectivity index (χ0) is 18.7. The predicted molar refractivity (Wildman–Crippen MR) is 97.9 cm³/mol. The molecule has 0 saturated carbocycles. The molecule has 9 heteroatoms. The Hall–Kier alpha value is -2.29. The van der Waals surface area contributed by atoms with Crippen molar-refractivity contribution in [2.24, 2.45) is 0 Å². The number of hydrogen-bond donors (Lipinski definition) is 1. The molecule has 3 rings (SSSR count). The van der Waals surface area contributed by atoms with E-state index in [2.05, 4.69) is 5.32 Å². The number of sulfonamides is 1. The Kier molecular flexibility index (Phi) is 5.36. The Morgan fingerprint density at radius 3 is 2.65 bits per heavy atom. The molecule has 0 aliphatic carbocycles. The minimum absolute atomic E-state index is 0.00701. The molecule has 26 heavy (non-hydrogen) atoms. The van der Waals surface area contributed by atoms with Gasteiger partial charge in [-0.15, -0.1) is 0 Å². The van der Waals surface area contributed by atoms with Crippen molar-refractivity contribution < 1.29 is 22.7 Å². The monoisotopic (exact) mass is 396 g/mol. The average Bonchev–Trinajstić information content (AvgIpc) is 3.03. The number of nitrogens with one attached hydrogen (secondary N) is 1. The third kappa shape index (κ3) is 4.46. The second-order valence-corrected chi connectivity index (χ2v) is 8.13. The van der Waals surface area contributed by atoms with Crippen molar-refractivity contribution in [3.05, 3.63) is 53.1 Å². The topological polar surface area (TPSA) is 84.9 Å². The Morgan fingerprint density at radius 1 is 1.19 bits per heavy atom. The van der Waals surface area contributed by atoms with Gasteiger partial charge in [-0.2, -0.15) is 4.31 Å². The van der Waals surface area contributed by atoms with Crippen LogP contribution in [0.4, 0.5) is 5.69 Å². The van der Waals surface area contributed by atoms with E-state index in [0.29, 0.717) is 27.8 Å². The lowest BCUT2D eigenvalue weighted by Crippen LogP contribution is -2.37. The number of benzene rings is 2. The average molecular weight is 397 g/mol. The maximum atomic E-state index is 12.3. The summed E-state index contributed by atoms with van der Waals surface area (Å²) >= 11 is 6.09. The standard InChI is InChI=1S/C17H17ClN2O5S/c1-26(22,23)20(9-12-4-2-3-5-14(12)18)10-17(21)19-13-6-7-15-16(8-13)25-11-24-15/h2-8H,9-11H2,1H3,(H,19,21). The smallest absolute Gasteiger partial charge is 0.239 e. The molecule has 0 bridgehead atoms. The van der Waals surface area contributed by atoms with Crippen LogP contribution in [0.5, 0.6) is 11.5 Å². The Labute approximate surface area is 156 Å². The molecule has 0 fully saturated rings. The third-order valence-corrected chi connectivity index (χ3v) is 5.31. The molecule has 2 aromatic rings. The van der Waals surface area contributed by atoms with Crippen molar-refractivity contribution in [1.29, 1.82) is 0 Å². The highest BCUT2D eigenvalue weighted by molar-refractivity contribution is 7.88. The van der Waals surface area contributed by atoms with E-state index in [-0.39, 0.29) is 19.9 Å². The summed E-state index contributed by atoms with van der Waals surface area (Å²) in [7, 11) is -3.61. The number of nitrogens with zero attached hydrogens (tertiary/aromatic N) is 1. The normalized spacial score (nSPS) is 13.0. The zero-order valence-corrected chi connectivity index (χ0v) is 15.5. The summed E-state index contributed by atoms with van der Waals surface area (Å²) in [6.45, 7) is -0.196. The number of carbonyl (C=O) groups excluding carboxylic acids is 1. The summed E-state index contributed by atoms with van der Waals surface area (Å²) in [4.78, 5) is 12.3. The van der Waals surface area contributed by atoms with Crippen LogP contribution in [0.1, 0.15) is 5.56 Å². The van der Waals surface area contributed by atoms with Gasteiger partial charge in [-0.3, -0.25) is 4.79 Å². The van der Waals surface area contributed by atoms with Crippen LogP contribution in [-0.2, 0) is 21.4 Å². The zero-order valence-electron chi connectivity index (χ0n) is 13.9. The Balaban J connectivity index is 1.70. The van der Waals surface area contributed by atoms with Gasteiger partial charge < -0.3 is 14.8 Å². The van der Waals surface area contributed by atoms with Crippen molar-refractivity contribution >= 4 is 33.2 Å². The highest BCUT2D eigenvalue weighted by atomic mass is 35.5. The van der Waals surface area contributed by atoms with Gasteiger partial charge in [-0.1, -0.05) is 29.8 Å². The summed E-state index contributed by atoms with van der Waals surface area (Å²) in [5, 5.41) is 3.10. The summed E-state index contributed by atoms with van der Waals surface area (Å²) in [6, 6.07) is 11.9. The molecule has 2 aromatic carbocycles. The molecule has 1 N–H and O–H groups in total. The van der Waals surface area contributed by atoms with Crippen LogP contribution in [0, 0.1) is 0 Å². The molecular weight excluding hydrogens is 380 g/mol. The maximum absolute atomic E-state index is 12.3. The Bertz CT molecular complexity index is 933. The van der Waals surface area contributed by atoms with E-state index in [0.717, 1.165) is 10.6 Å². The third-order valence-electron chi connectivity index (χ3n) is 3.75. The fourth-order valence-corrected chi connectivity index (χ4v) is 3.36. The van der Waals surface area contributed by atoms with Crippen LogP contribution in [0.25, 0.3) is 0 Å². The highest BCUT2D eigenvalue weighted by Crippen LogP contribution is 2.34. The highest BCUT2D eigenvalue weighted by Gasteiger charge is 2.22. The van der Waals surface area contributed by atoms with Gasteiger partial charge in [-0.05, 0) is 23.8 Å². The summed E-state index contributed by atoms with van der Waals surface area (Å²) in [6.07, 6.45) is 1.05. The molecule has 0 radical (unpaired) electrons. The molecular formula is C17H17ClN2O5S. The van der Waals surface area contributed by atoms with Gasteiger partial charge in [0, 0.05) is 23.3 Å². The van der Waals surface area contributed by atoms with Gasteiger partial charge in [0.15, 0.2) is 11.5 Å².